The van der Waals surface area contributed by atoms with Gasteiger partial charge in [-0.3, -0.25) is 0 Å². The summed E-state index contributed by atoms with van der Waals surface area (Å²) in [5.41, 5.74) is 11.9. The molecule has 0 N–H and O–H groups in total. The predicted octanol–water partition coefficient (Wildman–Crippen LogP) is 10.5. The number of benzene rings is 4. The third-order valence-electron chi connectivity index (χ3n) is 7.84. The first-order chi connectivity index (χ1) is 21.9. The van der Waals surface area contributed by atoms with Crippen LogP contribution < -0.4 is 0 Å². The molecule has 6 aromatic rings. The molecule has 0 amide bonds. The quantitative estimate of drug-likeness (QED) is 0.168. The van der Waals surface area contributed by atoms with Crippen LogP contribution in [-0.2, 0) is 0 Å². The van der Waals surface area contributed by atoms with Crippen LogP contribution in [0.4, 0.5) is 5.82 Å². The van der Waals surface area contributed by atoms with Crippen molar-refractivity contribution in [1.29, 1.82) is 0 Å². The van der Waals surface area contributed by atoms with Gasteiger partial charge in [-0.1, -0.05) is 116 Å². The summed E-state index contributed by atoms with van der Waals surface area (Å²) in [7, 11) is 0. The van der Waals surface area contributed by atoms with Crippen molar-refractivity contribution in [2.45, 2.75) is 20.8 Å². The lowest BCUT2D eigenvalue weighted by Gasteiger charge is -2.13. The summed E-state index contributed by atoms with van der Waals surface area (Å²) >= 11 is 0. The zero-order valence-corrected chi connectivity index (χ0v) is 25.8. The molecule has 6 rings (SSSR count). The number of aromatic nitrogens is 3. The molecule has 4 aromatic carbocycles. The van der Waals surface area contributed by atoms with E-state index in [0.29, 0.717) is 11.6 Å². The fourth-order valence-corrected chi connectivity index (χ4v) is 5.50. The standard InChI is InChI=1S/C41H34N4/c1-6-30-25-28(4)40(43-37(30)7-2)42-29(5)26-36(34-18-12-11-15-27(34)3)31-21-23-33(24-22-31)41-44-38-20-14-13-19-35(38)39(45-41)32-16-9-8-10-17-32/h6-26H,1-2H2,3-5H3/b36-26-,42-29?. The van der Waals surface area contributed by atoms with Crippen LogP contribution >= 0.6 is 0 Å². The van der Waals surface area contributed by atoms with E-state index in [-0.39, 0.29) is 0 Å². The number of rotatable bonds is 8. The first kappa shape index (κ1) is 29.3. The van der Waals surface area contributed by atoms with Gasteiger partial charge in [-0.2, -0.15) is 0 Å². The van der Waals surface area contributed by atoms with Crippen LogP contribution in [0.2, 0.25) is 0 Å². The Hall–Kier alpha value is -5.74. The van der Waals surface area contributed by atoms with Gasteiger partial charge in [-0.25, -0.2) is 19.9 Å². The maximum absolute atomic E-state index is 5.05. The number of nitrogens with zero attached hydrogens (tertiary/aromatic N) is 4. The second kappa shape index (κ2) is 12.9. The monoisotopic (exact) mass is 582 g/mol. The molecule has 4 nitrogen and oxygen atoms in total. The predicted molar refractivity (Wildman–Crippen MR) is 191 cm³/mol. The van der Waals surface area contributed by atoms with E-state index in [1.54, 1.807) is 12.2 Å². The molecule has 0 aliphatic carbocycles. The van der Waals surface area contributed by atoms with Gasteiger partial charge < -0.3 is 0 Å². The minimum Gasteiger partial charge on any atom is -0.234 e. The van der Waals surface area contributed by atoms with Crippen molar-refractivity contribution in [3.05, 3.63) is 162 Å². The van der Waals surface area contributed by atoms with Crippen molar-refractivity contribution in [1.82, 2.24) is 15.0 Å². The zero-order chi connectivity index (χ0) is 31.3. The Kier molecular flexibility index (Phi) is 8.39. The lowest BCUT2D eigenvalue weighted by molar-refractivity contribution is 1.20. The third-order valence-corrected chi connectivity index (χ3v) is 7.84. The lowest BCUT2D eigenvalue weighted by atomic mass is 9.92. The van der Waals surface area contributed by atoms with Crippen LogP contribution in [0.1, 0.15) is 40.4 Å². The molecule has 0 atom stereocenters. The van der Waals surface area contributed by atoms with Crippen LogP contribution in [0, 0.1) is 13.8 Å². The number of allylic oxidation sites excluding steroid dienone is 1. The topological polar surface area (TPSA) is 51.0 Å². The minimum absolute atomic E-state index is 0.673. The van der Waals surface area contributed by atoms with Gasteiger partial charge in [0, 0.05) is 22.2 Å². The first-order valence-corrected chi connectivity index (χ1v) is 15.0. The van der Waals surface area contributed by atoms with Gasteiger partial charge in [0.2, 0.25) is 0 Å². The van der Waals surface area contributed by atoms with Gasteiger partial charge >= 0.3 is 0 Å². The van der Waals surface area contributed by atoms with Crippen LogP contribution in [0.15, 0.2) is 133 Å². The van der Waals surface area contributed by atoms with E-state index in [0.717, 1.165) is 67.0 Å². The molecule has 0 saturated carbocycles. The van der Waals surface area contributed by atoms with E-state index in [2.05, 4.69) is 92.9 Å². The average Bonchev–Trinajstić information content (AvgIpc) is 3.08. The highest BCUT2D eigenvalue weighted by molar-refractivity contribution is 6.04. The Balaban J connectivity index is 1.43. The minimum atomic E-state index is 0.673. The summed E-state index contributed by atoms with van der Waals surface area (Å²) in [6.07, 6.45) is 5.67. The summed E-state index contributed by atoms with van der Waals surface area (Å²) < 4.78 is 0. The maximum Gasteiger partial charge on any atom is 0.160 e. The van der Waals surface area contributed by atoms with Gasteiger partial charge in [-0.15, -0.1) is 0 Å². The van der Waals surface area contributed by atoms with Crippen LogP contribution in [0.25, 0.3) is 51.3 Å². The molecule has 4 heteroatoms. The third kappa shape index (κ3) is 6.17. The molecule has 0 radical (unpaired) electrons. The van der Waals surface area contributed by atoms with Crippen molar-refractivity contribution in [3.8, 4) is 22.6 Å². The van der Waals surface area contributed by atoms with Crippen LogP contribution in [0.3, 0.4) is 0 Å². The molecule has 45 heavy (non-hydrogen) atoms. The van der Waals surface area contributed by atoms with Gasteiger partial charge in [0.1, 0.15) is 0 Å². The van der Waals surface area contributed by atoms with E-state index < -0.39 is 0 Å². The molecule has 0 spiro atoms. The molecular formula is C41H34N4. The van der Waals surface area contributed by atoms with Crippen molar-refractivity contribution in [3.63, 3.8) is 0 Å². The van der Waals surface area contributed by atoms with Gasteiger partial charge in [0.05, 0.1) is 16.9 Å². The SMILES string of the molecule is C=Cc1cc(C)c(N=C(C)/C=C(/c2ccc(-c3nc(-c4ccccc4)c4ccccc4n3)cc2)c2ccccc2C)nc1C=C. The second-order valence-electron chi connectivity index (χ2n) is 11.0. The van der Waals surface area contributed by atoms with E-state index in [9.17, 15) is 0 Å². The number of hydrogen-bond acceptors (Lipinski definition) is 4. The smallest absolute Gasteiger partial charge is 0.160 e. The summed E-state index contributed by atoms with van der Waals surface area (Å²) in [5.74, 6) is 1.37. The van der Waals surface area contributed by atoms with Crippen molar-refractivity contribution in [2.24, 2.45) is 4.99 Å². The van der Waals surface area contributed by atoms with E-state index >= 15 is 0 Å². The lowest BCUT2D eigenvalue weighted by Crippen LogP contribution is -1.98. The molecule has 0 aliphatic rings. The zero-order valence-electron chi connectivity index (χ0n) is 25.8. The number of pyridine rings is 1. The van der Waals surface area contributed by atoms with Crippen molar-refractivity contribution in [2.75, 3.05) is 0 Å². The Labute approximate surface area is 264 Å². The average molecular weight is 583 g/mol. The summed E-state index contributed by atoms with van der Waals surface area (Å²) in [4.78, 5) is 19.7. The molecule has 0 bridgehead atoms. The van der Waals surface area contributed by atoms with Crippen molar-refractivity contribution >= 4 is 40.2 Å². The summed E-state index contributed by atoms with van der Waals surface area (Å²) in [6.45, 7) is 14.0. The number of aryl methyl sites for hydroxylation is 2. The van der Waals surface area contributed by atoms with Gasteiger partial charge in [0.25, 0.3) is 0 Å². The Morgan fingerprint density at radius 1 is 0.689 bits per heavy atom. The number of para-hydroxylation sites is 1. The maximum atomic E-state index is 5.05. The van der Waals surface area contributed by atoms with Crippen molar-refractivity contribution < 1.29 is 0 Å². The van der Waals surface area contributed by atoms with Crippen LogP contribution in [-0.4, -0.2) is 20.7 Å². The molecule has 0 fully saturated rings. The first-order valence-electron chi connectivity index (χ1n) is 15.0. The molecular weight excluding hydrogens is 548 g/mol. The van der Waals surface area contributed by atoms with E-state index in [1.807, 2.05) is 56.3 Å². The van der Waals surface area contributed by atoms with E-state index in [1.165, 1.54) is 5.56 Å². The Morgan fingerprint density at radius 3 is 2.13 bits per heavy atom. The molecule has 218 valence electrons. The molecule has 0 saturated heterocycles. The molecule has 2 aromatic heterocycles. The normalized spacial score (nSPS) is 11.9. The highest BCUT2D eigenvalue weighted by Gasteiger charge is 2.14. The highest BCUT2D eigenvalue weighted by atomic mass is 14.9. The largest absolute Gasteiger partial charge is 0.234 e. The fourth-order valence-electron chi connectivity index (χ4n) is 5.50. The number of fused-ring (bicyclic) bond motifs is 1. The van der Waals surface area contributed by atoms with Crippen LogP contribution in [0.5, 0.6) is 0 Å². The van der Waals surface area contributed by atoms with Gasteiger partial charge in [0.15, 0.2) is 11.6 Å². The highest BCUT2D eigenvalue weighted by Crippen LogP contribution is 2.32. The second-order valence-corrected chi connectivity index (χ2v) is 11.0. The Morgan fingerprint density at radius 2 is 1.40 bits per heavy atom. The van der Waals surface area contributed by atoms with Gasteiger partial charge in [-0.05, 0) is 78.4 Å². The molecule has 2 heterocycles. The molecule has 0 aliphatic heterocycles. The van der Waals surface area contributed by atoms with E-state index in [4.69, 9.17) is 19.9 Å². The summed E-state index contributed by atoms with van der Waals surface area (Å²) in [6, 6.07) is 37.4. The summed E-state index contributed by atoms with van der Waals surface area (Å²) in [5, 5.41) is 1.03. The number of hydrogen-bond donors (Lipinski definition) is 0. The Bertz CT molecular complexity index is 2100. The number of aliphatic imine (C=N–C) groups is 1. The fraction of sp³-hybridized carbons (Fsp3) is 0.0732. The molecule has 0 unspecified atom stereocenters.